The second-order valence-electron chi connectivity index (χ2n) is 3.24. The molecule has 0 unspecified atom stereocenters. The molecule has 0 saturated carbocycles. The summed E-state index contributed by atoms with van der Waals surface area (Å²) in [6.07, 6.45) is -2.89. The summed E-state index contributed by atoms with van der Waals surface area (Å²) >= 11 is 0. The van der Waals surface area contributed by atoms with Crippen LogP contribution in [-0.2, 0) is 4.74 Å². The third-order valence-electron chi connectivity index (χ3n) is 1.97. The number of carbonyl (C=O) groups excluding carboxylic acids is 1. The van der Waals surface area contributed by atoms with Gasteiger partial charge >= 0.3 is 0 Å². The topological polar surface area (TPSA) is 26.3 Å². The molecule has 1 rings (SSSR count). The van der Waals surface area contributed by atoms with Gasteiger partial charge in [-0.3, -0.25) is 4.79 Å². The molecule has 0 aliphatic rings. The van der Waals surface area contributed by atoms with Crippen LogP contribution >= 0.6 is 0 Å². The van der Waals surface area contributed by atoms with E-state index in [0.717, 1.165) is 12.1 Å². The summed E-state index contributed by atoms with van der Waals surface area (Å²) in [6.45, 7) is -1.03. The van der Waals surface area contributed by atoms with Crippen LogP contribution in [0.25, 0.3) is 0 Å². The van der Waals surface area contributed by atoms with E-state index in [0.29, 0.717) is 0 Å². The van der Waals surface area contributed by atoms with Gasteiger partial charge in [0.05, 0.1) is 12.2 Å². The van der Waals surface area contributed by atoms with Crippen LogP contribution in [0.1, 0.15) is 16.8 Å². The molecular formula is C11H10F4O2. The maximum atomic E-state index is 13.1. The van der Waals surface area contributed by atoms with E-state index in [1.165, 1.54) is 6.07 Å². The second-order valence-corrected chi connectivity index (χ2v) is 3.24. The standard InChI is InChI=1S/C11H10F4O2/c12-8-3-1-2-7(11(8)15)9(16)4-5-17-6-10(13)14/h1-3,10H,4-6H2. The van der Waals surface area contributed by atoms with Crippen molar-refractivity contribution in [1.29, 1.82) is 0 Å². The van der Waals surface area contributed by atoms with Gasteiger partial charge in [-0.15, -0.1) is 0 Å². The maximum absolute atomic E-state index is 13.1. The van der Waals surface area contributed by atoms with Gasteiger partial charge in [0.25, 0.3) is 6.43 Å². The lowest BCUT2D eigenvalue weighted by molar-refractivity contribution is 0.0169. The lowest BCUT2D eigenvalue weighted by Gasteiger charge is -2.04. The average molecular weight is 250 g/mol. The summed E-state index contributed by atoms with van der Waals surface area (Å²) in [7, 11) is 0. The third kappa shape index (κ3) is 4.14. The molecule has 6 heteroatoms. The number of Topliss-reactive ketones (excluding diaryl/α,β-unsaturated/α-hetero) is 1. The summed E-state index contributed by atoms with van der Waals surface area (Å²) in [6, 6.07) is 3.22. The summed E-state index contributed by atoms with van der Waals surface area (Å²) in [4.78, 5) is 11.4. The molecule has 1 aromatic carbocycles. The number of ether oxygens (including phenoxy) is 1. The second kappa shape index (κ2) is 6.34. The highest BCUT2D eigenvalue weighted by Gasteiger charge is 2.14. The van der Waals surface area contributed by atoms with Gasteiger partial charge in [0, 0.05) is 6.42 Å². The van der Waals surface area contributed by atoms with Crippen LogP contribution < -0.4 is 0 Å². The van der Waals surface area contributed by atoms with Crippen LogP contribution in [0.5, 0.6) is 0 Å². The largest absolute Gasteiger partial charge is 0.375 e. The monoisotopic (exact) mass is 250 g/mol. The fourth-order valence-electron chi connectivity index (χ4n) is 1.19. The summed E-state index contributed by atoms with van der Waals surface area (Å²) in [5.74, 6) is -3.04. The van der Waals surface area contributed by atoms with E-state index < -0.39 is 36.0 Å². The van der Waals surface area contributed by atoms with Crippen LogP contribution in [0.4, 0.5) is 17.6 Å². The molecule has 0 saturated heterocycles. The van der Waals surface area contributed by atoms with Crippen molar-refractivity contribution in [3.05, 3.63) is 35.4 Å². The SMILES string of the molecule is O=C(CCOCC(F)F)c1cccc(F)c1F. The smallest absolute Gasteiger partial charge is 0.261 e. The van der Waals surface area contributed by atoms with Crippen molar-refractivity contribution >= 4 is 5.78 Å². The molecule has 17 heavy (non-hydrogen) atoms. The number of hydrogen-bond acceptors (Lipinski definition) is 2. The molecule has 0 fully saturated rings. The van der Waals surface area contributed by atoms with E-state index in [1.54, 1.807) is 0 Å². The number of rotatable bonds is 6. The molecule has 0 spiro atoms. The van der Waals surface area contributed by atoms with Gasteiger partial charge in [0.15, 0.2) is 17.4 Å². The van der Waals surface area contributed by atoms with Crippen LogP contribution in [-0.4, -0.2) is 25.4 Å². The fourth-order valence-corrected chi connectivity index (χ4v) is 1.19. The molecule has 94 valence electrons. The number of alkyl halides is 2. The Kier molecular flexibility index (Phi) is 5.09. The summed E-state index contributed by atoms with van der Waals surface area (Å²) in [5, 5.41) is 0. The Labute approximate surface area is 95.2 Å². The molecule has 0 N–H and O–H groups in total. The highest BCUT2D eigenvalue weighted by atomic mass is 19.3. The van der Waals surface area contributed by atoms with Crippen LogP contribution in [0.3, 0.4) is 0 Å². The first-order chi connectivity index (χ1) is 8.02. The summed E-state index contributed by atoms with van der Waals surface area (Å²) < 4.78 is 53.7. The van der Waals surface area contributed by atoms with Crippen LogP contribution in [0.2, 0.25) is 0 Å². The number of carbonyl (C=O) groups is 1. The predicted molar refractivity (Wildman–Crippen MR) is 52.1 cm³/mol. The van der Waals surface area contributed by atoms with E-state index in [4.69, 9.17) is 0 Å². The zero-order chi connectivity index (χ0) is 12.8. The van der Waals surface area contributed by atoms with Crippen molar-refractivity contribution in [1.82, 2.24) is 0 Å². The van der Waals surface area contributed by atoms with Crippen molar-refractivity contribution in [2.24, 2.45) is 0 Å². The lowest BCUT2D eigenvalue weighted by Crippen LogP contribution is -2.11. The van der Waals surface area contributed by atoms with Crippen molar-refractivity contribution in [2.45, 2.75) is 12.8 Å². The van der Waals surface area contributed by atoms with Crippen molar-refractivity contribution in [3.8, 4) is 0 Å². The van der Waals surface area contributed by atoms with Gasteiger partial charge in [-0.05, 0) is 12.1 Å². The molecule has 0 aliphatic carbocycles. The average Bonchev–Trinajstić information content (AvgIpc) is 2.27. The quantitative estimate of drug-likeness (QED) is 0.441. The predicted octanol–water partition coefficient (Wildman–Crippen LogP) is 2.82. The van der Waals surface area contributed by atoms with Crippen LogP contribution in [0, 0.1) is 11.6 Å². The highest BCUT2D eigenvalue weighted by Crippen LogP contribution is 2.13. The Morgan fingerprint density at radius 2 is 2.00 bits per heavy atom. The Morgan fingerprint density at radius 3 is 2.65 bits per heavy atom. The molecule has 0 heterocycles. The first kappa shape index (κ1) is 13.6. The first-order valence-electron chi connectivity index (χ1n) is 4.85. The molecule has 1 aromatic rings. The number of halogens is 4. The van der Waals surface area contributed by atoms with E-state index >= 15 is 0 Å². The Morgan fingerprint density at radius 1 is 1.29 bits per heavy atom. The normalized spacial score (nSPS) is 10.9. The number of hydrogen-bond donors (Lipinski definition) is 0. The minimum atomic E-state index is -2.61. The van der Waals surface area contributed by atoms with Gasteiger partial charge in [-0.25, -0.2) is 17.6 Å². The van der Waals surface area contributed by atoms with E-state index in [-0.39, 0.29) is 13.0 Å². The summed E-state index contributed by atoms with van der Waals surface area (Å²) in [5.41, 5.74) is -0.398. The van der Waals surface area contributed by atoms with Crippen LogP contribution in [0.15, 0.2) is 18.2 Å². The van der Waals surface area contributed by atoms with E-state index in [9.17, 15) is 22.4 Å². The Bertz CT molecular complexity index is 393. The molecule has 0 atom stereocenters. The Balaban J connectivity index is 2.50. The highest BCUT2D eigenvalue weighted by molar-refractivity contribution is 5.96. The minimum absolute atomic E-state index is 0.251. The fraction of sp³-hybridized carbons (Fsp3) is 0.364. The minimum Gasteiger partial charge on any atom is -0.375 e. The number of ketones is 1. The molecule has 0 aromatic heterocycles. The van der Waals surface area contributed by atoms with E-state index in [1.807, 2.05) is 0 Å². The molecule has 0 amide bonds. The molecule has 0 bridgehead atoms. The van der Waals surface area contributed by atoms with Crippen molar-refractivity contribution in [3.63, 3.8) is 0 Å². The van der Waals surface area contributed by atoms with Gasteiger partial charge in [-0.1, -0.05) is 6.07 Å². The zero-order valence-electron chi connectivity index (χ0n) is 8.76. The van der Waals surface area contributed by atoms with E-state index in [2.05, 4.69) is 4.74 Å². The number of benzene rings is 1. The maximum Gasteiger partial charge on any atom is 0.261 e. The third-order valence-corrected chi connectivity index (χ3v) is 1.97. The first-order valence-corrected chi connectivity index (χ1v) is 4.85. The van der Waals surface area contributed by atoms with Gasteiger partial charge < -0.3 is 4.74 Å². The molecule has 2 nitrogen and oxygen atoms in total. The van der Waals surface area contributed by atoms with Crippen molar-refractivity contribution in [2.75, 3.05) is 13.2 Å². The van der Waals surface area contributed by atoms with Gasteiger partial charge in [0.1, 0.15) is 6.61 Å². The van der Waals surface area contributed by atoms with Gasteiger partial charge in [0.2, 0.25) is 0 Å². The molecule has 0 aliphatic heterocycles. The Hall–Kier alpha value is -1.43. The molecular weight excluding hydrogens is 240 g/mol. The van der Waals surface area contributed by atoms with Gasteiger partial charge in [-0.2, -0.15) is 0 Å². The zero-order valence-corrected chi connectivity index (χ0v) is 8.76. The van der Waals surface area contributed by atoms with Crippen molar-refractivity contribution < 1.29 is 27.1 Å². The lowest BCUT2D eigenvalue weighted by atomic mass is 10.1. The molecule has 0 radical (unpaired) electrons.